The molecule has 0 aromatic heterocycles. The third-order valence-corrected chi connectivity index (χ3v) is 7.64. The van der Waals surface area contributed by atoms with Gasteiger partial charge in [-0.15, -0.1) is 0 Å². The van der Waals surface area contributed by atoms with Crippen molar-refractivity contribution >= 4 is 29.6 Å². The number of esters is 1. The molecule has 0 unspecified atom stereocenters. The van der Waals surface area contributed by atoms with Gasteiger partial charge in [-0.3, -0.25) is 24.0 Å². The Kier molecular flexibility index (Phi) is 10.5. The monoisotopic (exact) mass is 562 g/mol. The average Bonchev–Trinajstić information content (AvgIpc) is 3.48. The second-order valence-electron chi connectivity index (χ2n) is 10.6. The Morgan fingerprint density at radius 3 is 1.98 bits per heavy atom. The van der Waals surface area contributed by atoms with Gasteiger partial charge in [0.25, 0.3) is 0 Å². The number of nitrogens with one attached hydrogen (secondary N) is 3. The van der Waals surface area contributed by atoms with Crippen molar-refractivity contribution in [2.75, 3.05) is 13.7 Å². The fraction of sp³-hybridized carbons (Fsp3) is 0.452. The first-order chi connectivity index (χ1) is 19.9. The molecule has 3 N–H and O–H groups in total. The maximum absolute atomic E-state index is 13.9. The zero-order chi connectivity index (χ0) is 29.2. The van der Waals surface area contributed by atoms with E-state index in [1.807, 2.05) is 60.7 Å². The predicted octanol–water partition coefficient (Wildman–Crippen LogP) is 1.66. The van der Waals surface area contributed by atoms with Crippen LogP contribution < -0.4 is 16.0 Å². The minimum absolute atomic E-state index is 0.200. The van der Waals surface area contributed by atoms with E-state index in [9.17, 15) is 24.0 Å². The zero-order valence-electron chi connectivity index (χ0n) is 23.3. The van der Waals surface area contributed by atoms with Crippen LogP contribution >= 0.6 is 0 Å². The summed E-state index contributed by atoms with van der Waals surface area (Å²) in [6.07, 6.45) is 3.01. The van der Waals surface area contributed by atoms with Gasteiger partial charge in [0.05, 0.1) is 7.11 Å². The molecule has 0 radical (unpaired) electrons. The Morgan fingerprint density at radius 1 is 0.780 bits per heavy atom. The molecule has 2 aromatic carbocycles. The van der Waals surface area contributed by atoms with Crippen LogP contribution in [-0.2, 0) is 41.6 Å². The number of hydrogen-bond acceptors (Lipinski definition) is 6. The number of hydrogen-bond donors (Lipinski definition) is 3. The van der Waals surface area contributed by atoms with E-state index in [2.05, 4.69) is 20.7 Å². The highest BCUT2D eigenvalue weighted by molar-refractivity contribution is 5.98. The van der Waals surface area contributed by atoms with Gasteiger partial charge in [0.1, 0.15) is 24.2 Å². The molecular formula is C31H38N4O6. The number of carbonyl (C=O) groups excluding carboxylic acids is 5. The first-order valence-corrected chi connectivity index (χ1v) is 14.2. The highest BCUT2D eigenvalue weighted by Gasteiger charge is 2.40. The molecule has 2 aliphatic rings. The minimum atomic E-state index is -0.973. The molecule has 0 saturated carbocycles. The van der Waals surface area contributed by atoms with Gasteiger partial charge in [-0.2, -0.15) is 0 Å². The number of unbranched alkanes of at least 4 members (excludes halogenated alkanes) is 1. The topological polar surface area (TPSA) is 134 Å². The summed E-state index contributed by atoms with van der Waals surface area (Å²) in [5, 5.41) is 8.60. The lowest BCUT2D eigenvalue weighted by molar-refractivity contribution is -0.143. The van der Waals surface area contributed by atoms with Crippen molar-refractivity contribution in [3.63, 3.8) is 0 Å². The van der Waals surface area contributed by atoms with E-state index in [-0.39, 0.29) is 37.6 Å². The highest BCUT2D eigenvalue weighted by Crippen LogP contribution is 2.21. The highest BCUT2D eigenvalue weighted by atomic mass is 16.5. The Morgan fingerprint density at radius 2 is 1.34 bits per heavy atom. The second kappa shape index (κ2) is 14.4. The molecule has 2 aliphatic heterocycles. The van der Waals surface area contributed by atoms with Crippen LogP contribution in [0.5, 0.6) is 0 Å². The van der Waals surface area contributed by atoms with Crippen molar-refractivity contribution in [2.24, 2.45) is 0 Å². The predicted molar refractivity (Wildman–Crippen MR) is 151 cm³/mol. The molecule has 0 aliphatic carbocycles. The minimum Gasteiger partial charge on any atom is -0.469 e. The fourth-order valence-corrected chi connectivity index (χ4v) is 5.41. The lowest BCUT2D eigenvalue weighted by Gasteiger charge is -2.32. The quantitative estimate of drug-likeness (QED) is 0.315. The SMILES string of the molecule is COC(=O)CCCC[C@@H]1NC(=O)[C@H]2CCCN2C(=O)[C@H](Cc2ccccc2)NC(=O)[C@H](Cc2ccccc2)NC1=O. The number of methoxy groups -OCH3 is 1. The number of ether oxygens (including phenoxy) is 1. The van der Waals surface area contributed by atoms with E-state index in [0.29, 0.717) is 32.2 Å². The second-order valence-corrected chi connectivity index (χ2v) is 10.6. The van der Waals surface area contributed by atoms with E-state index in [1.54, 1.807) is 0 Å². The molecule has 0 spiro atoms. The number of benzene rings is 2. The van der Waals surface area contributed by atoms with Crippen LogP contribution in [0.1, 0.15) is 49.7 Å². The molecule has 4 rings (SSSR count). The molecule has 41 heavy (non-hydrogen) atoms. The molecule has 4 amide bonds. The molecule has 2 aromatic rings. The average molecular weight is 563 g/mol. The van der Waals surface area contributed by atoms with Gasteiger partial charge >= 0.3 is 5.97 Å². The Labute approximate surface area is 240 Å². The van der Waals surface area contributed by atoms with Gasteiger partial charge in [-0.1, -0.05) is 67.1 Å². The van der Waals surface area contributed by atoms with E-state index in [0.717, 1.165) is 11.1 Å². The summed E-state index contributed by atoms with van der Waals surface area (Å²) in [5.41, 5.74) is 1.71. The first-order valence-electron chi connectivity index (χ1n) is 14.2. The molecule has 0 bridgehead atoms. The number of carbonyl (C=O) groups is 5. The van der Waals surface area contributed by atoms with Crippen LogP contribution in [0, 0.1) is 0 Å². The van der Waals surface area contributed by atoms with E-state index < -0.39 is 41.9 Å². The first kappa shape index (κ1) is 29.8. The van der Waals surface area contributed by atoms with Crippen LogP contribution in [0.3, 0.4) is 0 Å². The van der Waals surface area contributed by atoms with Crippen LogP contribution in [-0.4, -0.2) is 72.3 Å². The summed E-state index contributed by atoms with van der Waals surface area (Å²) in [6, 6.07) is 15.1. The summed E-state index contributed by atoms with van der Waals surface area (Å²) >= 11 is 0. The maximum Gasteiger partial charge on any atom is 0.305 e. The molecule has 10 heteroatoms. The van der Waals surface area contributed by atoms with Gasteiger partial charge in [-0.25, -0.2) is 0 Å². The van der Waals surface area contributed by atoms with Gasteiger partial charge in [0, 0.05) is 25.8 Å². The lowest BCUT2D eigenvalue weighted by atomic mass is 10.00. The summed E-state index contributed by atoms with van der Waals surface area (Å²) in [6.45, 7) is 0.390. The van der Waals surface area contributed by atoms with Crippen molar-refractivity contribution in [1.29, 1.82) is 0 Å². The number of fused-ring (bicyclic) bond motifs is 1. The van der Waals surface area contributed by atoms with Crippen molar-refractivity contribution in [3.8, 4) is 0 Å². The standard InChI is InChI=1S/C31H38N4O6/c1-41-27(36)17-9-8-15-23-28(37)33-24(19-21-11-4-2-5-12-21)29(38)34-25(20-22-13-6-3-7-14-22)31(40)35-18-10-16-26(35)30(39)32-23/h2-7,11-14,23-26H,8-10,15-20H2,1H3,(H,32,39)(H,33,37)(H,34,38)/t23-,24-,25-,26+/m0/s1. The van der Waals surface area contributed by atoms with Crippen LogP contribution in [0.4, 0.5) is 0 Å². The van der Waals surface area contributed by atoms with Crippen LogP contribution in [0.15, 0.2) is 60.7 Å². The zero-order valence-corrected chi connectivity index (χ0v) is 23.3. The van der Waals surface area contributed by atoms with E-state index >= 15 is 0 Å². The maximum atomic E-state index is 13.9. The van der Waals surface area contributed by atoms with Crippen LogP contribution in [0.2, 0.25) is 0 Å². The smallest absolute Gasteiger partial charge is 0.305 e. The molecule has 2 heterocycles. The molecule has 218 valence electrons. The summed E-state index contributed by atoms with van der Waals surface area (Å²) < 4.78 is 4.69. The largest absolute Gasteiger partial charge is 0.469 e. The van der Waals surface area contributed by atoms with Crippen molar-refractivity contribution < 1.29 is 28.7 Å². The number of rotatable bonds is 9. The molecule has 2 saturated heterocycles. The van der Waals surface area contributed by atoms with E-state index in [1.165, 1.54) is 12.0 Å². The molecule has 4 atom stereocenters. The van der Waals surface area contributed by atoms with Gasteiger partial charge in [-0.05, 0) is 36.8 Å². The van der Waals surface area contributed by atoms with Crippen molar-refractivity contribution in [1.82, 2.24) is 20.9 Å². The summed E-state index contributed by atoms with van der Waals surface area (Å²) in [7, 11) is 1.32. The summed E-state index contributed by atoms with van der Waals surface area (Å²) in [5.74, 6) is -2.01. The summed E-state index contributed by atoms with van der Waals surface area (Å²) in [4.78, 5) is 67.7. The van der Waals surface area contributed by atoms with Gasteiger partial charge in [0.15, 0.2) is 0 Å². The number of nitrogens with zero attached hydrogens (tertiary/aromatic N) is 1. The molecular weight excluding hydrogens is 524 g/mol. The number of amides is 4. The Balaban J connectivity index is 1.62. The third-order valence-electron chi connectivity index (χ3n) is 7.64. The van der Waals surface area contributed by atoms with Gasteiger partial charge < -0.3 is 25.6 Å². The van der Waals surface area contributed by atoms with Crippen molar-refractivity contribution in [2.45, 2.75) is 75.5 Å². The van der Waals surface area contributed by atoms with Gasteiger partial charge in [0.2, 0.25) is 23.6 Å². The fourth-order valence-electron chi connectivity index (χ4n) is 5.41. The molecule has 10 nitrogen and oxygen atoms in total. The van der Waals surface area contributed by atoms with Crippen LogP contribution in [0.25, 0.3) is 0 Å². The lowest BCUT2D eigenvalue weighted by Crippen LogP contribution is -2.61. The van der Waals surface area contributed by atoms with Crippen molar-refractivity contribution in [3.05, 3.63) is 71.8 Å². The molecule has 2 fully saturated rings. The normalized spacial score (nSPS) is 23.4. The Bertz CT molecular complexity index is 1220. The third kappa shape index (κ3) is 8.15. The van der Waals surface area contributed by atoms with E-state index in [4.69, 9.17) is 0 Å². The Hall–Kier alpha value is -4.21.